The normalized spacial score (nSPS) is 15.3. The lowest BCUT2D eigenvalue weighted by atomic mass is 10.1. The van der Waals surface area contributed by atoms with Crippen LogP contribution in [0.3, 0.4) is 0 Å². The maximum absolute atomic E-state index is 12.1. The minimum absolute atomic E-state index is 0.265. The number of benzene rings is 1. The zero-order valence-corrected chi connectivity index (χ0v) is 15.5. The van der Waals surface area contributed by atoms with E-state index in [0.29, 0.717) is 28.2 Å². The number of halogens is 2. The van der Waals surface area contributed by atoms with E-state index >= 15 is 0 Å². The Morgan fingerprint density at radius 2 is 1.76 bits per heavy atom. The number of piperidine rings is 1. The van der Waals surface area contributed by atoms with Crippen LogP contribution in [0.15, 0.2) is 35.1 Å². The monoisotopic (exact) mass is 381 g/mol. The second-order valence-corrected chi connectivity index (χ2v) is 7.03. The van der Waals surface area contributed by atoms with E-state index < -0.39 is 0 Å². The Labute approximate surface area is 157 Å². The third kappa shape index (κ3) is 5.21. The van der Waals surface area contributed by atoms with Crippen LogP contribution < -0.4 is 10.3 Å². The van der Waals surface area contributed by atoms with Crippen molar-refractivity contribution in [3.05, 3.63) is 50.7 Å². The van der Waals surface area contributed by atoms with Crippen molar-refractivity contribution in [2.45, 2.75) is 25.7 Å². The van der Waals surface area contributed by atoms with Gasteiger partial charge in [0, 0.05) is 28.7 Å². The first kappa shape index (κ1) is 18.2. The molecule has 0 radical (unpaired) electrons. The van der Waals surface area contributed by atoms with Crippen molar-refractivity contribution in [1.82, 2.24) is 14.7 Å². The average Bonchev–Trinajstić information content (AvgIpc) is 2.60. The van der Waals surface area contributed by atoms with Gasteiger partial charge in [-0.2, -0.15) is 4.68 Å². The SMILES string of the molecule is O=c1ccc(OCCCN2CCCCC2)nn1-c1cc(Cl)cc(Cl)c1. The van der Waals surface area contributed by atoms with Gasteiger partial charge in [-0.3, -0.25) is 4.79 Å². The molecule has 1 aliphatic heterocycles. The number of ether oxygens (including phenoxy) is 1. The summed E-state index contributed by atoms with van der Waals surface area (Å²) in [6.07, 6.45) is 4.85. The summed E-state index contributed by atoms with van der Waals surface area (Å²) in [6, 6.07) is 7.91. The maximum Gasteiger partial charge on any atom is 0.271 e. The predicted molar refractivity (Wildman–Crippen MR) is 100 cm³/mol. The van der Waals surface area contributed by atoms with Gasteiger partial charge in [-0.25, -0.2) is 0 Å². The minimum Gasteiger partial charge on any atom is -0.477 e. The first-order valence-corrected chi connectivity index (χ1v) is 9.29. The van der Waals surface area contributed by atoms with E-state index in [1.807, 2.05) is 0 Å². The summed E-state index contributed by atoms with van der Waals surface area (Å²) in [5.41, 5.74) is 0.250. The summed E-state index contributed by atoms with van der Waals surface area (Å²) in [4.78, 5) is 14.6. The number of aromatic nitrogens is 2. The zero-order chi connectivity index (χ0) is 17.6. The molecule has 2 heterocycles. The molecule has 1 aromatic heterocycles. The highest BCUT2D eigenvalue weighted by Gasteiger charge is 2.10. The molecule has 5 nitrogen and oxygen atoms in total. The fourth-order valence-corrected chi connectivity index (χ4v) is 3.48. The van der Waals surface area contributed by atoms with E-state index in [0.717, 1.165) is 13.0 Å². The highest BCUT2D eigenvalue weighted by atomic mass is 35.5. The molecule has 134 valence electrons. The van der Waals surface area contributed by atoms with E-state index in [2.05, 4.69) is 10.00 Å². The Balaban J connectivity index is 1.62. The Kier molecular flexibility index (Phi) is 6.34. The smallest absolute Gasteiger partial charge is 0.271 e. The van der Waals surface area contributed by atoms with E-state index in [-0.39, 0.29) is 5.56 Å². The first-order chi connectivity index (χ1) is 12.1. The van der Waals surface area contributed by atoms with Gasteiger partial charge in [0.05, 0.1) is 12.3 Å². The summed E-state index contributed by atoms with van der Waals surface area (Å²) in [5, 5.41) is 5.16. The summed E-state index contributed by atoms with van der Waals surface area (Å²) in [6.45, 7) is 3.96. The number of hydrogen-bond acceptors (Lipinski definition) is 4. The largest absolute Gasteiger partial charge is 0.477 e. The summed E-state index contributed by atoms with van der Waals surface area (Å²) >= 11 is 12.0. The summed E-state index contributed by atoms with van der Waals surface area (Å²) in [5.74, 6) is 0.411. The molecule has 0 unspecified atom stereocenters. The van der Waals surface area contributed by atoms with Gasteiger partial charge < -0.3 is 9.64 Å². The third-order valence-corrected chi connectivity index (χ3v) is 4.62. The van der Waals surface area contributed by atoms with Crippen molar-refractivity contribution < 1.29 is 4.74 Å². The molecule has 0 N–H and O–H groups in total. The fourth-order valence-electron chi connectivity index (χ4n) is 2.97. The molecule has 25 heavy (non-hydrogen) atoms. The van der Waals surface area contributed by atoms with Crippen molar-refractivity contribution >= 4 is 23.2 Å². The van der Waals surface area contributed by atoms with Gasteiger partial charge in [-0.1, -0.05) is 29.6 Å². The fraction of sp³-hybridized carbons (Fsp3) is 0.444. The number of likely N-dealkylation sites (tertiary alicyclic amines) is 1. The topological polar surface area (TPSA) is 47.4 Å². The molecule has 3 rings (SSSR count). The molecular formula is C18H21Cl2N3O2. The van der Waals surface area contributed by atoms with E-state index in [1.165, 1.54) is 43.1 Å². The van der Waals surface area contributed by atoms with Crippen molar-refractivity contribution in [3.63, 3.8) is 0 Å². The van der Waals surface area contributed by atoms with E-state index in [1.54, 1.807) is 24.3 Å². The van der Waals surface area contributed by atoms with Crippen LogP contribution in [0.1, 0.15) is 25.7 Å². The van der Waals surface area contributed by atoms with Crippen molar-refractivity contribution in [1.29, 1.82) is 0 Å². The molecule has 0 atom stereocenters. The van der Waals surface area contributed by atoms with Gasteiger partial charge in [0.15, 0.2) is 0 Å². The molecule has 1 saturated heterocycles. The summed E-state index contributed by atoms with van der Waals surface area (Å²) < 4.78 is 6.96. The lowest BCUT2D eigenvalue weighted by molar-refractivity contribution is 0.202. The predicted octanol–water partition coefficient (Wildman–Crippen LogP) is 3.79. The van der Waals surface area contributed by atoms with E-state index in [9.17, 15) is 4.79 Å². The Hall–Kier alpha value is -1.56. The molecule has 1 aromatic carbocycles. The third-order valence-electron chi connectivity index (χ3n) is 4.18. The van der Waals surface area contributed by atoms with Crippen LogP contribution in [0.2, 0.25) is 10.0 Å². The van der Waals surface area contributed by atoms with Gasteiger partial charge in [0.1, 0.15) is 0 Å². The Morgan fingerprint density at radius 1 is 1.04 bits per heavy atom. The average molecular weight is 382 g/mol. The Bertz CT molecular complexity index is 753. The first-order valence-electron chi connectivity index (χ1n) is 8.54. The minimum atomic E-state index is -0.265. The van der Waals surface area contributed by atoms with E-state index in [4.69, 9.17) is 27.9 Å². The van der Waals surface area contributed by atoms with Crippen molar-refractivity contribution in [3.8, 4) is 11.6 Å². The van der Waals surface area contributed by atoms with Gasteiger partial charge in [0.25, 0.3) is 5.56 Å². The maximum atomic E-state index is 12.1. The van der Waals surface area contributed by atoms with Crippen molar-refractivity contribution in [2.24, 2.45) is 0 Å². The van der Waals surface area contributed by atoms with Crippen LogP contribution in [0.25, 0.3) is 5.69 Å². The molecule has 0 bridgehead atoms. The zero-order valence-electron chi connectivity index (χ0n) is 14.0. The molecule has 0 saturated carbocycles. The quantitative estimate of drug-likeness (QED) is 0.714. The highest BCUT2D eigenvalue weighted by Crippen LogP contribution is 2.21. The number of nitrogens with zero attached hydrogens (tertiary/aromatic N) is 3. The van der Waals surface area contributed by atoms with Gasteiger partial charge in [-0.15, -0.1) is 5.10 Å². The molecule has 2 aromatic rings. The van der Waals surface area contributed by atoms with Crippen LogP contribution in [-0.2, 0) is 0 Å². The molecule has 0 amide bonds. The van der Waals surface area contributed by atoms with Gasteiger partial charge in [-0.05, 0) is 50.6 Å². The van der Waals surface area contributed by atoms with Gasteiger partial charge >= 0.3 is 0 Å². The second-order valence-electron chi connectivity index (χ2n) is 6.15. The standard InChI is InChI=1S/C18H21Cl2N3O2/c19-14-11-15(20)13-16(12-14)23-18(24)6-5-17(21-23)25-10-4-9-22-7-2-1-3-8-22/h5-6,11-13H,1-4,7-10H2. The molecular weight excluding hydrogens is 361 g/mol. The van der Waals surface area contributed by atoms with Crippen LogP contribution in [0.5, 0.6) is 5.88 Å². The van der Waals surface area contributed by atoms with Crippen LogP contribution >= 0.6 is 23.2 Å². The lowest BCUT2D eigenvalue weighted by Gasteiger charge is -2.26. The molecule has 1 aliphatic rings. The van der Waals surface area contributed by atoms with Crippen molar-refractivity contribution in [2.75, 3.05) is 26.2 Å². The highest BCUT2D eigenvalue weighted by molar-refractivity contribution is 6.34. The Morgan fingerprint density at radius 3 is 2.48 bits per heavy atom. The second kappa shape index (κ2) is 8.70. The lowest BCUT2D eigenvalue weighted by Crippen LogP contribution is -2.31. The number of rotatable bonds is 6. The molecule has 1 fully saturated rings. The summed E-state index contributed by atoms with van der Waals surface area (Å²) in [7, 11) is 0. The molecule has 0 aliphatic carbocycles. The van der Waals surface area contributed by atoms with Crippen LogP contribution in [0.4, 0.5) is 0 Å². The van der Waals surface area contributed by atoms with Crippen LogP contribution in [0, 0.1) is 0 Å². The van der Waals surface area contributed by atoms with Gasteiger partial charge in [0.2, 0.25) is 5.88 Å². The van der Waals surface area contributed by atoms with Crippen LogP contribution in [-0.4, -0.2) is 40.9 Å². The molecule has 7 heteroatoms. The molecule has 0 spiro atoms. The number of hydrogen-bond donors (Lipinski definition) is 0.